The van der Waals surface area contributed by atoms with Crippen LogP contribution < -0.4 is 10.6 Å². The monoisotopic (exact) mass is 237 g/mol. The molecule has 2 N–H and O–H groups in total. The first-order chi connectivity index (χ1) is 7.74. The van der Waals surface area contributed by atoms with Gasteiger partial charge in [-0.15, -0.1) is 0 Å². The predicted molar refractivity (Wildman–Crippen MR) is 62.1 cm³/mol. The second kappa shape index (κ2) is 4.54. The van der Waals surface area contributed by atoms with Gasteiger partial charge in [-0.1, -0.05) is 11.6 Å². The molecule has 0 spiro atoms. The Balaban J connectivity index is 2.24. The highest BCUT2D eigenvalue weighted by Gasteiger charge is 2.31. The molecule has 16 heavy (non-hydrogen) atoms. The van der Waals surface area contributed by atoms with E-state index in [1.165, 1.54) is 6.33 Å². The van der Waals surface area contributed by atoms with Gasteiger partial charge in [0.1, 0.15) is 12.0 Å². The maximum atomic E-state index is 8.62. The number of hydrogen-bond donors (Lipinski definition) is 1. The molecular formula is C10H12ClN5. The minimum Gasteiger partial charge on any atom is -0.393 e. The number of halogens is 1. The summed E-state index contributed by atoms with van der Waals surface area (Å²) < 4.78 is 0. The van der Waals surface area contributed by atoms with Gasteiger partial charge < -0.3 is 10.6 Å². The lowest BCUT2D eigenvalue weighted by atomic mass is 10.3. The average Bonchev–Trinajstić information content (AvgIpc) is 3.08. The van der Waals surface area contributed by atoms with Crippen molar-refractivity contribution in [3.8, 4) is 6.07 Å². The average molecular weight is 238 g/mol. The number of anilines is 2. The van der Waals surface area contributed by atoms with Crippen molar-refractivity contribution in [1.82, 2.24) is 9.97 Å². The fourth-order valence-electron chi connectivity index (χ4n) is 1.61. The summed E-state index contributed by atoms with van der Waals surface area (Å²) in [5, 5.41) is 8.89. The fraction of sp³-hybridized carbons (Fsp3) is 0.500. The van der Waals surface area contributed by atoms with E-state index in [2.05, 4.69) is 16.0 Å². The maximum Gasteiger partial charge on any atom is 0.157 e. The van der Waals surface area contributed by atoms with Gasteiger partial charge in [-0.2, -0.15) is 5.26 Å². The summed E-state index contributed by atoms with van der Waals surface area (Å²) in [6, 6.07) is 2.57. The van der Waals surface area contributed by atoms with Gasteiger partial charge in [0.25, 0.3) is 0 Å². The third kappa shape index (κ3) is 2.17. The maximum absolute atomic E-state index is 8.62. The Labute approximate surface area is 98.9 Å². The Hall–Kier alpha value is -1.54. The van der Waals surface area contributed by atoms with Gasteiger partial charge in [-0.05, 0) is 12.8 Å². The normalized spacial score (nSPS) is 14.5. The Kier molecular flexibility index (Phi) is 3.11. The van der Waals surface area contributed by atoms with Gasteiger partial charge in [0, 0.05) is 12.6 Å². The van der Waals surface area contributed by atoms with Crippen molar-refractivity contribution < 1.29 is 0 Å². The van der Waals surface area contributed by atoms with Gasteiger partial charge in [-0.25, -0.2) is 9.97 Å². The zero-order valence-electron chi connectivity index (χ0n) is 8.73. The SMILES string of the molecule is N#CCCN(c1ncnc(Cl)c1N)C1CC1. The van der Waals surface area contributed by atoms with Crippen molar-refractivity contribution in [2.75, 3.05) is 17.2 Å². The molecule has 0 bridgehead atoms. The Morgan fingerprint density at radius 1 is 1.56 bits per heavy atom. The van der Waals surface area contributed by atoms with Crippen molar-refractivity contribution in [1.29, 1.82) is 5.26 Å². The van der Waals surface area contributed by atoms with E-state index in [1.807, 2.05) is 4.90 Å². The number of hydrogen-bond acceptors (Lipinski definition) is 5. The molecule has 0 amide bonds. The summed E-state index contributed by atoms with van der Waals surface area (Å²) in [5.74, 6) is 0.651. The summed E-state index contributed by atoms with van der Waals surface area (Å²) in [6.07, 6.45) is 4.09. The third-order valence-corrected chi connectivity index (χ3v) is 2.84. The largest absolute Gasteiger partial charge is 0.393 e. The van der Waals surface area contributed by atoms with Gasteiger partial charge in [0.05, 0.1) is 12.5 Å². The van der Waals surface area contributed by atoms with Crippen LogP contribution in [-0.2, 0) is 0 Å². The molecular weight excluding hydrogens is 226 g/mol. The summed E-state index contributed by atoms with van der Waals surface area (Å²) >= 11 is 5.85. The molecule has 1 fully saturated rings. The van der Waals surface area contributed by atoms with Crippen molar-refractivity contribution in [2.45, 2.75) is 25.3 Å². The van der Waals surface area contributed by atoms with E-state index < -0.39 is 0 Å². The highest BCUT2D eigenvalue weighted by atomic mass is 35.5. The molecule has 1 aliphatic rings. The number of rotatable bonds is 4. The highest BCUT2D eigenvalue weighted by Crippen LogP contribution is 2.35. The molecule has 0 atom stereocenters. The second-order valence-electron chi connectivity index (χ2n) is 3.73. The highest BCUT2D eigenvalue weighted by molar-refractivity contribution is 6.32. The first-order valence-electron chi connectivity index (χ1n) is 5.13. The molecule has 1 heterocycles. The summed E-state index contributed by atoms with van der Waals surface area (Å²) in [7, 11) is 0. The van der Waals surface area contributed by atoms with Crippen LogP contribution in [-0.4, -0.2) is 22.6 Å². The van der Waals surface area contributed by atoms with E-state index in [-0.39, 0.29) is 5.15 Å². The minimum absolute atomic E-state index is 0.271. The number of nitrogens with zero attached hydrogens (tertiary/aromatic N) is 4. The van der Waals surface area contributed by atoms with Crippen molar-refractivity contribution in [2.24, 2.45) is 0 Å². The third-order valence-electron chi connectivity index (χ3n) is 2.54. The van der Waals surface area contributed by atoms with E-state index in [4.69, 9.17) is 22.6 Å². The quantitative estimate of drug-likeness (QED) is 0.805. The van der Waals surface area contributed by atoms with Crippen LogP contribution in [0.25, 0.3) is 0 Å². The smallest absolute Gasteiger partial charge is 0.157 e. The number of nitrogen functional groups attached to an aromatic ring is 1. The lowest BCUT2D eigenvalue weighted by Crippen LogP contribution is -2.28. The minimum atomic E-state index is 0.271. The molecule has 0 unspecified atom stereocenters. The van der Waals surface area contributed by atoms with Crippen LogP contribution in [0, 0.1) is 11.3 Å². The van der Waals surface area contributed by atoms with Crippen LogP contribution in [0.15, 0.2) is 6.33 Å². The zero-order chi connectivity index (χ0) is 11.5. The molecule has 0 radical (unpaired) electrons. The summed E-state index contributed by atoms with van der Waals surface area (Å²) in [4.78, 5) is 10.0. The van der Waals surface area contributed by atoms with Crippen molar-refractivity contribution in [3.05, 3.63) is 11.5 Å². The molecule has 1 saturated carbocycles. The molecule has 1 aromatic rings. The molecule has 1 aromatic heterocycles. The standard InChI is InChI=1S/C10H12ClN5/c11-9-8(13)10(15-6-14-9)16(5-1-4-12)7-2-3-7/h6-7H,1-3,5,13H2. The van der Waals surface area contributed by atoms with Gasteiger partial charge in [0.2, 0.25) is 0 Å². The Bertz CT molecular complexity index is 424. The van der Waals surface area contributed by atoms with E-state index in [0.29, 0.717) is 30.5 Å². The Morgan fingerprint density at radius 2 is 2.31 bits per heavy atom. The topological polar surface area (TPSA) is 78.8 Å². The van der Waals surface area contributed by atoms with Crippen molar-refractivity contribution in [3.63, 3.8) is 0 Å². The molecule has 5 nitrogen and oxygen atoms in total. The van der Waals surface area contributed by atoms with E-state index >= 15 is 0 Å². The first kappa shape index (κ1) is 11.0. The van der Waals surface area contributed by atoms with Crippen LogP contribution >= 0.6 is 11.6 Å². The molecule has 0 aliphatic heterocycles. The summed E-state index contributed by atoms with van der Waals surface area (Å²) in [5.41, 5.74) is 6.24. The van der Waals surface area contributed by atoms with Crippen LogP contribution in [0.3, 0.4) is 0 Å². The number of nitriles is 1. The molecule has 84 valence electrons. The molecule has 2 rings (SSSR count). The van der Waals surface area contributed by atoms with E-state index in [0.717, 1.165) is 12.8 Å². The van der Waals surface area contributed by atoms with Gasteiger partial charge in [-0.3, -0.25) is 0 Å². The molecule has 6 heteroatoms. The molecule has 0 aromatic carbocycles. The molecule has 0 saturated heterocycles. The lowest BCUT2D eigenvalue weighted by Gasteiger charge is -2.23. The van der Waals surface area contributed by atoms with Gasteiger partial charge in [0.15, 0.2) is 11.0 Å². The van der Waals surface area contributed by atoms with Crippen LogP contribution in [0.4, 0.5) is 11.5 Å². The second-order valence-corrected chi connectivity index (χ2v) is 4.09. The van der Waals surface area contributed by atoms with E-state index in [9.17, 15) is 0 Å². The number of aromatic nitrogens is 2. The number of nitrogens with two attached hydrogens (primary N) is 1. The zero-order valence-corrected chi connectivity index (χ0v) is 9.48. The van der Waals surface area contributed by atoms with E-state index in [1.54, 1.807) is 0 Å². The predicted octanol–water partition coefficient (Wildman–Crippen LogP) is 1.59. The van der Waals surface area contributed by atoms with Crippen LogP contribution in [0.2, 0.25) is 5.15 Å². The molecule has 1 aliphatic carbocycles. The first-order valence-corrected chi connectivity index (χ1v) is 5.51. The Morgan fingerprint density at radius 3 is 2.94 bits per heavy atom. The van der Waals surface area contributed by atoms with Crippen LogP contribution in [0.5, 0.6) is 0 Å². The summed E-state index contributed by atoms with van der Waals surface area (Å²) in [6.45, 7) is 0.638. The van der Waals surface area contributed by atoms with Gasteiger partial charge >= 0.3 is 0 Å². The van der Waals surface area contributed by atoms with Crippen molar-refractivity contribution >= 4 is 23.1 Å². The van der Waals surface area contributed by atoms with Crippen LogP contribution in [0.1, 0.15) is 19.3 Å². The lowest BCUT2D eigenvalue weighted by molar-refractivity contribution is 0.777. The fourth-order valence-corrected chi connectivity index (χ4v) is 1.74.